The third kappa shape index (κ3) is 4.10. The van der Waals surface area contributed by atoms with Crippen LogP contribution in [0.15, 0.2) is 54.6 Å². The van der Waals surface area contributed by atoms with E-state index >= 15 is 0 Å². The van der Waals surface area contributed by atoms with Crippen molar-refractivity contribution in [2.75, 3.05) is 13.1 Å². The Balaban J connectivity index is 1.63. The van der Waals surface area contributed by atoms with Crippen molar-refractivity contribution < 1.29 is 14.0 Å². The maximum atomic E-state index is 13.0. The molecule has 0 spiro atoms. The van der Waals surface area contributed by atoms with Crippen LogP contribution in [0.2, 0.25) is 0 Å². The van der Waals surface area contributed by atoms with E-state index in [1.54, 1.807) is 29.2 Å². The van der Waals surface area contributed by atoms with Crippen LogP contribution in [0.25, 0.3) is 0 Å². The van der Waals surface area contributed by atoms with Gasteiger partial charge in [-0.3, -0.25) is 9.59 Å². The highest BCUT2D eigenvalue weighted by atomic mass is 19.1. The first-order chi connectivity index (χ1) is 12.5. The number of nitrogens with one attached hydrogen (secondary N) is 1. The van der Waals surface area contributed by atoms with E-state index in [-0.39, 0.29) is 17.6 Å². The highest BCUT2D eigenvalue weighted by molar-refractivity contribution is 5.95. The van der Waals surface area contributed by atoms with Gasteiger partial charge in [0, 0.05) is 25.2 Å². The number of benzene rings is 2. The van der Waals surface area contributed by atoms with Crippen LogP contribution in [-0.4, -0.2) is 29.8 Å². The van der Waals surface area contributed by atoms with E-state index in [0.717, 1.165) is 18.4 Å². The van der Waals surface area contributed by atoms with Gasteiger partial charge in [0.1, 0.15) is 5.82 Å². The molecule has 0 aromatic heterocycles. The molecule has 1 heterocycles. The number of halogens is 1. The maximum absolute atomic E-state index is 13.0. The van der Waals surface area contributed by atoms with E-state index < -0.39 is 5.41 Å². The molecule has 1 aliphatic rings. The fourth-order valence-corrected chi connectivity index (χ4v) is 3.36. The fourth-order valence-electron chi connectivity index (χ4n) is 3.36. The lowest BCUT2D eigenvalue weighted by Gasteiger charge is -2.39. The van der Waals surface area contributed by atoms with Gasteiger partial charge in [0.2, 0.25) is 5.91 Å². The molecule has 1 saturated heterocycles. The number of hydrogen-bond donors (Lipinski definition) is 1. The molecule has 1 atom stereocenters. The molecule has 0 unspecified atom stereocenters. The quantitative estimate of drug-likeness (QED) is 0.915. The second kappa shape index (κ2) is 7.68. The van der Waals surface area contributed by atoms with Gasteiger partial charge in [0.25, 0.3) is 5.91 Å². The van der Waals surface area contributed by atoms with Crippen molar-refractivity contribution in [1.29, 1.82) is 0 Å². The van der Waals surface area contributed by atoms with Crippen molar-refractivity contribution >= 4 is 11.8 Å². The van der Waals surface area contributed by atoms with Crippen LogP contribution in [0.3, 0.4) is 0 Å². The monoisotopic (exact) mass is 354 g/mol. The Hall–Kier alpha value is -2.69. The molecule has 4 nitrogen and oxygen atoms in total. The summed E-state index contributed by atoms with van der Waals surface area (Å²) in [6.07, 6.45) is 1.53. The number of hydrogen-bond acceptors (Lipinski definition) is 2. The third-order valence-electron chi connectivity index (χ3n) is 4.92. The Morgan fingerprint density at radius 3 is 2.50 bits per heavy atom. The van der Waals surface area contributed by atoms with E-state index in [9.17, 15) is 14.0 Å². The van der Waals surface area contributed by atoms with Gasteiger partial charge in [-0.15, -0.1) is 0 Å². The van der Waals surface area contributed by atoms with Gasteiger partial charge in [-0.1, -0.05) is 30.3 Å². The van der Waals surface area contributed by atoms with Gasteiger partial charge < -0.3 is 10.2 Å². The average Bonchev–Trinajstić information content (AvgIpc) is 2.67. The first-order valence-corrected chi connectivity index (χ1v) is 8.85. The Labute approximate surface area is 153 Å². The molecular formula is C21H23FN2O2. The molecule has 1 N–H and O–H groups in total. The van der Waals surface area contributed by atoms with Crippen LogP contribution in [0.4, 0.5) is 4.39 Å². The summed E-state index contributed by atoms with van der Waals surface area (Å²) in [5.41, 5.74) is 0.864. The second-order valence-corrected chi connectivity index (χ2v) is 7.07. The number of nitrogens with zero attached hydrogens (tertiary/aromatic N) is 1. The topological polar surface area (TPSA) is 49.4 Å². The zero-order valence-electron chi connectivity index (χ0n) is 14.9. The van der Waals surface area contributed by atoms with Crippen LogP contribution in [0, 0.1) is 11.2 Å². The van der Waals surface area contributed by atoms with Crippen LogP contribution < -0.4 is 5.32 Å². The zero-order chi connectivity index (χ0) is 18.6. The highest BCUT2D eigenvalue weighted by Gasteiger charge is 2.39. The Bertz CT molecular complexity index is 776. The Morgan fingerprint density at radius 2 is 1.81 bits per heavy atom. The van der Waals surface area contributed by atoms with E-state index in [4.69, 9.17) is 0 Å². The van der Waals surface area contributed by atoms with Gasteiger partial charge in [-0.2, -0.15) is 0 Å². The number of carbonyl (C=O) groups is 2. The first-order valence-electron chi connectivity index (χ1n) is 8.85. The molecule has 2 aromatic rings. The van der Waals surface area contributed by atoms with Crippen molar-refractivity contribution in [2.24, 2.45) is 5.41 Å². The summed E-state index contributed by atoms with van der Waals surface area (Å²) in [7, 11) is 0. The van der Waals surface area contributed by atoms with Crippen molar-refractivity contribution in [3.63, 3.8) is 0 Å². The van der Waals surface area contributed by atoms with Crippen LogP contribution in [-0.2, 0) is 11.3 Å². The smallest absolute Gasteiger partial charge is 0.253 e. The van der Waals surface area contributed by atoms with Crippen LogP contribution in [0.5, 0.6) is 0 Å². The van der Waals surface area contributed by atoms with Crippen molar-refractivity contribution in [2.45, 2.75) is 26.3 Å². The molecule has 3 rings (SSSR count). The molecule has 2 aromatic carbocycles. The predicted octanol–water partition coefficient (Wildman–Crippen LogP) is 3.38. The molecule has 1 aliphatic heterocycles. The normalized spacial score (nSPS) is 19.8. The third-order valence-corrected chi connectivity index (χ3v) is 4.92. The summed E-state index contributed by atoms with van der Waals surface area (Å²) in [5, 5.41) is 2.93. The summed E-state index contributed by atoms with van der Waals surface area (Å²) in [5.74, 6) is -0.412. The molecule has 26 heavy (non-hydrogen) atoms. The highest BCUT2D eigenvalue weighted by Crippen LogP contribution is 2.30. The van der Waals surface area contributed by atoms with Crippen molar-refractivity contribution in [1.82, 2.24) is 10.2 Å². The van der Waals surface area contributed by atoms with E-state index in [0.29, 0.717) is 25.2 Å². The SMILES string of the molecule is C[C@]1(C(=O)NCc2ccc(F)cc2)CCCN(C(=O)c2ccccc2)C1. The van der Waals surface area contributed by atoms with Crippen LogP contribution >= 0.6 is 0 Å². The molecule has 2 amide bonds. The predicted molar refractivity (Wildman–Crippen MR) is 97.9 cm³/mol. The molecular weight excluding hydrogens is 331 g/mol. The van der Waals surface area contributed by atoms with Gasteiger partial charge in [-0.05, 0) is 49.6 Å². The summed E-state index contributed by atoms with van der Waals surface area (Å²) >= 11 is 0. The van der Waals surface area contributed by atoms with Crippen molar-refractivity contribution in [3.05, 3.63) is 71.5 Å². The van der Waals surface area contributed by atoms with E-state index in [1.165, 1.54) is 12.1 Å². The standard InChI is InChI=1S/C21H23FN2O2/c1-21(20(26)23-14-16-8-10-18(22)11-9-16)12-5-13-24(15-21)19(25)17-6-3-2-4-7-17/h2-4,6-11H,5,12-15H2,1H3,(H,23,26)/t21-/m0/s1. The summed E-state index contributed by atoms with van der Waals surface area (Å²) in [6.45, 7) is 3.31. The fraction of sp³-hybridized carbons (Fsp3) is 0.333. The number of amides is 2. The second-order valence-electron chi connectivity index (χ2n) is 7.07. The molecule has 0 bridgehead atoms. The molecule has 1 fully saturated rings. The Morgan fingerprint density at radius 1 is 1.12 bits per heavy atom. The molecule has 0 saturated carbocycles. The Kier molecular flexibility index (Phi) is 5.35. The number of carbonyl (C=O) groups excluding carboxylic acids is 2. The van der Waals surface area contributed by atoms with Gasteiger partial charge in [0.15, 0.2) is 0 Å². The largest absolute Gasteiger partial charge is 0.351 e. The summed E-state index contributed by atoms with van der Waals surface area (Å²) in [6, 6.07) is 15.2. The van der Waals surface area contributed by atoms with Gasteiger partial charge in [0.05, 0.1) is 5.41 Å². The lowest BCUT2D eigenvalue weighted by molar-refractivity contribution is -0.132. The lowest BCUT2D eigenvalue weighted by Crippen LogP contribution is -2.51. The van der Waals surface area contributed by atoms with Crippen molar-refractivity contribution in [3.8, 4) is 0 Å². The van der Waals surface area contributed by atoms with E-state index in [1.807, 2.05) is 25.1 Å². The van der Waals surface area contributed by atoms with Gasteiger partial charge in [-0.25, -0.2) is 4.39 Å². The minimum absolute atomic E-state index is 0.0390. The molecule has 0 aliphatic carbocycles. The minimum Gasteiger partial charge on any atom is -0.351 e. The molecule has 5 heteroatoms. The summed E-state index contributed by atoms with van der Waals surface area (Å²) < 4.78 is 13.0. The average molecular weight is 354 g/mol. The first kappa shape index (κ1) is 18.1. The number of piperidine rings is 1. The summed E-state index contributed by atoms with van der Waals surface area (Å²) in [4.78, 5) is 27.2. The minimum atomic E-state index is -0.622. The molecule has 0 radical (unpaired) electrons. The zero-order valence-corrected chi connectivity index (χ0v) is 14.9. The van der Waals surface area contributed by atoms with E-state index in [2.05, 4.69) is 5.32 Å². The van der Waals surface area contributed by atoms with Gasteiger partial charge >= 0.3 is 0 Å². The number of rotatable bonds is 4. The number of likely N-dealkylation sites (tertiary alicyclic amines) is 1. The van der Waals surface area contributed by atoms with Crippen LogP contribution in [0.1, 0.15) is 35.7 Å². The lowest BCUT2D eigenvalue weighted by atomic mass is 9.80. The molecule has 136 valence electrons. The maximum Gasteiger partial charge on any atom is 0.253 e.